The molecule has 1 amide bonds. The summed E-state index contributed by atoms with van der Waals surface area (Å²) in [6, 6.07) is 9.10. The van der Waals surface area contributed by atoms with E-state index in [0.29, 0.717) is 55.4 Å². The zero-order valence-electron chi connectivity index (χ0n) is 18.0. The van der Waals surface area contributed by atoms with Gasteiger partial charge in [-0.05, 0) is 18.6 Å². The summed E-state index contributed by atoms with van der Waals surface area (Å²) < 4.78 is 7.07. The van der Waals surface area contributed by atoms with E-state index in [1.165, 1.54) is 0 Å². The minimum Gasteiger partial charge on any atom is -0.395 e. The van der Waals surface area contributed by atoms with Gasteiger partial charge in [-0.2, -0.15) is 10.1 Å². The van der Waals surface area contributed by atoms with E-state index in [2.05, 4.69) is 31.0 Å². The SMILES string of the molecule is O=C(CCc1nc(-c2ccn(CCO)c2)no1)NCCCNc1n[nH]c(=O)c2ccccc12. The number of amides is 1. The molecule has 11 heteroatoms. The number of H-pyrrole nitrogens is 1. The lowest BCUT2D eigenvalue weighted by Crippen LogP contribution is -2.26. The number of benzene rings is 1. The molecule has 1 aromatic carbocycles. The minimum absolute atomic E-state index is 0.0533. The van der Waals surface area contributed by atoms with Gasteiger partial charge in [-0.15, -0.1) is 0 Å². The van der Waals surface area contributed by atoms with Crippen molar-refractivity contribution >= 4 is 22.5 Å². The number of aromatic nitrogens is 5. The first-order valence-corrected chi connectivity index (χ1v) is 10.7. The highest BCUT2D eigenvalue weighted by molar-refractivity contribution is 5.90. The summed E-state index contributed by atoms with van der Waals surface area (Å²) in [5.41, 5.74) is 0.567. The number of fused-ring (bicyclic) bond motifs is 1. The van der Waals surface area contributed by atoms with E-state index < -0.39 is 0 Å². The molecule has 4 rings (SSSR count). The monoisotopic (exact) mass is 451 g/mol. The zero-order valence-corrected chi connectivity index (χ0v) is 18.0. The second kappa shape index (κ2) is 10.6. The Morgan fingerprint density at radius 1 is 1.18 bits per heavy atom. The van der Waals surface area contributed by atoms with E-state index in [-0.39, 0.29) is 24.5 Å². The predicted octanol–water partition coefficient (Wildman–Crippen LogP) is 1.32. The number of hydrogen-bond acceptors (Lipinski definition) is 8. The number of aliphatic hydroxyl groups is 1. The van der Waals surface area contributed by atoms with E-state index in [1.807, 2.05) is 41.2 Å². The van der Waals surface area contributed by atoms with Crippen molar-refractivity contribution in [3.8, 4) is 11.4 Å². The van der Waals surface area contributed by atoms with Crippen LogP contribution in [-0.2, 0) is 17.8 Å². The number of aryl methyl sites for hydroxylation is 1. The molecule has 0 aliphatic heterocycles. The molecule has 0 fully saturated rings. The molecule has 172 valence electrons. The van der Waals surface area contributed by atoms with E-state index in [0.717, 1.165) is 10.9 Å². The fourth-order valence-corrected chi connectivity index (χ4v) is 3.38. The van der Waals surface area contributed by atoms with Gasteiger partial charge in [0.2, 0.25) is 17.6 Å². The number of hydrogen-bond donors (Lipinski definition) is 4. The van der Waals surface area contributed by atoms with Crippen molar-refractivity contribution in [1.82, 2.24) is 30.2 Å². The zero-order chi connectivity index (χ0) is 23.0. The number of aromatic amines is 1. The topological polar surface area (TPSA) is 151 Å². The average molecular weight is 451 g/mol. The van der Waals surface area contributed by atoms with Crippen molar-refractivity contribution in [3.05, 3.63) is 59.0 Å². The molecule has 11 nitrogen and oxygen atoms in total. The van der Waals surface area contributed by atoms with Crippen molar-refractivity contribution in [2.45, 2.75) is 25.8 Å². The highest BCUT2D eigenvalue weighted by Gasteiger charge is 2.12. The Hall–Kier alpha value is -3.99. The van der Waals surface area contributed by atoms with Crippen molar-refractivity contribution in [1.29, 1.82) is 0 Å². The highest BCUT2D eigenvalue weighted by Crippen LogP contribution is 2.17. The smallest absolute Gasteiger partial charge is 0.272 e. The molecular formula is C22H25N7O4. The van der Waals surface area contributed by atoms with Crippen LogP contribution in [0.4, 0.5) is 5.82 Å². The van der Waals surface area contributed by atoms with Gasteiger partial charge < -0.3 is 24.8 Å². The summed E-state index contributed by atoms with van der Waals surface area (Å²) in [7, 11) is 0. The Balaban J connectivity index is 1.17. The number of carbonyl (C=O) groups is 1. The van der Waals surface area contributed by atoms with Gasteiger partial charge in [0, 0.05) is 55.8 Å². The van der Waals surface area contributed by atoms with Gasteiger partial charge in [0.15, 0.2) is 5.82 Å². The minimum atomic E-state index is -0.225. The first-order valence-electron chi connectivity index (χ1n) is 10.7. The van der Waals surface area contributed by atoms with Crippen LogP contribution in [0.5, 0.6) is 0 Å². The molecule has 0 spiro atoms. The molecule has 33 heavy (non-hydrogen) atoms. The molecule has 0 saturated heterocycles. The maximum absolute atomic E-state index is 12.1. The van der Waals surface area contributed by atoms with Crippen LogP contribution in [0.1, 0.15) is 18.7 Å². The predicted molar refractivity (Wildman–Crippen MR) is 122 cm³/mol. The van der Waals surface area contributed by atoms with E-state index in [4.69, 9.17) is 9.63 Å². The van der Waals surface area contributed by atoms with Gasteiger partial charge in [-0.1, -0.05) is 23.4 Å². The van der Waals surface area contributed by atoms with Crippen LogP contribution >= 0.6 is 0 Å². The van der Waals surface area contributed by atoms with E-state index >= 15 is 0 Å². The third-order valence-electron chi connectivity index (χ3n) is 5.07. The van der Waals surface area contributed by atoms with E-state index in [9.17, 15) is 9.59 Å². The molecule has 0 radical (unpaired) electrons. The summed E-state index contributed by atoms with van der Waals surface area (Å²) >= 11 is 0. The van der Waals surface area contributed by atoms with Gasteiger partial charge in [0.1, 0.15) is 0 Å². The Bertz CT molecular complexity index is 1280. The first kappa shape index (κ1) is 22.2. The van der Waals surface area contributed by atoms with Crippen LogP contribution in [0, 0.1) is 0 Å². The molecule has 0 aliphatic rings. The molecule has 4 N–H and O–H groups in total. The van der Waals surface area contributed by atoms with Crippen LogP contribution in [0.2, 0.25) is 0 Å². The Morgan fingerprint density at radius 2 is 2.03 bits per heavy atom. The first-order chi connectivity index (χ1) is 16.1. The normalized spacial score (nSPS) is 11.1. The van der Waals surface area contributed by atoms with Gasteiger partial charge in [-0.25, -0.2) is 5.10 Å². The lowest BCUT2D eigenvalue weighted by atomic mass is 10.2. The third kappa shape index (κ3) is 5.63. The van der Waals surface area contributed by atoms with Gasteiger partial charge in [0.25, 0.3) is 5.56 Å². The number of nitrogens with zero attached hydrogens (tertiary/aromatic N) is 4. The molecule has 4 aromatic rings. The summed E-state index contributed by atoms with van der Waals surface area (Å²) in [4.78, 5) is 28.3. The van der Waals surface area contributed by atoms with Crippen molar-refractivity contribution in [2.75, 3.05) is 25.0 Å². The second-order valence-corrected chi connectivity index (χ2v) is 7.45. The Morgan fingerprint density at radius 3 is 2.88 bits per heavy atom. The van der Waals surface area contributed by atoms with E-state index in [1.54, 1.807) is 6.07 Å². The molecule has 0 atom stereocenters. The van der Waals surface area contributed by atoms with Crippen molar-refractivity contribution in [3.63, 3.8) is 0 Å². The third-order valence-corrected chi connectivity index (χ3v) is 5.07. The molecule has 3 heterocycles. The number of nitrogens with one attached hydrogen (secondary N) is 3. The Kier molecular flexibility index (Phi) is 7.10. The molecule has 3 aromatic heterocycles. The molecular weight excluding hydrogens is 426 g/mol. The fraction of sp³-hybridized carbons (Fsp3) is 0.318. The summed E-state index contributed by atoms with van der Waals surface area (Å²) in [5, 5.41) is 26.9. The van der Waals surface area contributed by atoms with Crippen LogP contribution in [-0.4, -0.2) is 55.6 Å². The summed E-state index contributed by atoms with van der Waals surface area (Å²) in [6.07, 6.45) is 4.95. The average Bonchev–Trinajstić information content (AvgIpc) is 3.49. The standard InChI is InChI=1S/C22H25N7O4/c30-13-12-29-11-8-15(14-29)20-25-19(33-28-20)7-6-18(31)23-9-3-10-24-21-16-4-1-2-5-17(16)22(32)27-26-21/h1-2,4-5,8,11,14,30H,3,6-7,9-10,12-13H2,(H,23,31)(H,24,26)(H,27,32). The van der Waals surface area contributed by atoms with Crippen LogP contribution in [0.3, 0.4) is 0 Å². The van der Waals surface area contributed by atoms with Crippen molar-refractivity contribution < 1.29 is 14.4 Å². The number of carbonyl (C=O) groups excluding carboxylic acids is 1. The Labute approximate surface area is 188 Å². The largest absolute Gasteiger partial charge is 0.395 e. The number of aliphatic hydroxyl groups excluding tert-OH is 1. The highest BCUT2D eigenvalue weighted by atomic mass is 16.5. The maximum Gasteiger partial charge on any atom is 0.272 e. The molecule has 0 unspecified atom stereocenters. The maximum atomic E-state index is 12.1. The lowest BCUT2D eigenvalue weighted by Gasteiger charge is -2.08. The second-order valence-electron chi connectivity index (χ2n) is 7.45. The van der Waals surface area contributed by atoms with Gasteiger partial charge in [-0.3, -0.25) is 9.59 Å². The molecule has 0 aliphatic carbocycles. The molecule has 0 saturated carbocycles. The fourth-order valence-electron chi connectivity index (χ4n) is 3.38. The van der Waals surface area contributed by atoms with Gasteiger partial charge >= 0.3 is 0 Å². The van der Waals surface area contributed by atoms with Gasteiger partial charge in [0.05, 0.1) is 12.0 Å². The lowest BCUT2D eigenvalue weighted by molar-refractivity contribution is -0.121. The van der Waals surface area contributed by atoms with Crippen molar-refractivity contribution in [2.24, 2.45) is 0 Å². The molecule has 0 bridgehead atoms. The number of anilines is 1. The van der Waals surface area contributed by atoms with Crippen LogP contribution in [0.25, 0.3) is 22.2 Å². The quantitative estimate of drug-likeness (QED) is 0.249. The number of rotatable bonds is 11. The van der Waals surface area contributed by atoms with Crippen LogP contribution < -0.4 is 16.2 Å². The summed E-state index contributed by atoms with van der Waals surface area (Å²) in [5.74, 6) is 1.36. The van der Waals surface area contributed by atoms with Crippen LogP contribution in [0.15, 0.2) is 52.0 Å². The summed E-state index contributed by atoms with van der Waals surface area (Å²) in [6.45, 7) is 1.64.